The quantitative estimate of drug-likeness (QED) is 0.127. The molecule has 0 heterocycles. The minimum absolute atomic E-state index is 0.0460. The fourth-order valence-electron chi connectivity index (χ4n) is 4.83. The third kappa shape index (κ3) is 9.70. The molecule has 3 N–H and O–H groups in total. The highest BCUT2D eigenvalue weighted by atomic mass is 35.5. The molecule has 5 rings (SSSR count). The average Bonchev–Trinajstić information content (AvgIpc) is 3.52. The molecule has 0 aromatic heterocycles. The van der Waals surface area contributed by atoms with Gasteiger partial charge in [-0.25, -0.2) is 4.79 Å². The number of carboxylic acids is 1. The number of amides is 1. The van der Waals surface area contributed by atoms with Gasteiger partial charge in [-0.3, -0.25) is 9.52 Å². The van der Waals surface area contributed by atoms with Crippen molar-refractivity contribution < 1.29 is 24.2 Å². The minimum Gasteiger partial charge on any atom is -0.492 e. The molecule has 0 unspecified atom stereocenters. The Hall–Kier alpha value is -4.09. The lowest BCUT2D eigenvalue weighted by Crippen LogP contribution is -2.44. The highest BCUT2D eigenvalue weighted by Crippen LogP contribution is 2.35. The van der Waals surface area contributed by atoms with E-state index in [-0.39, 0.29) is 29.1 Å². The van der Waals surface area contributed by atoms with E-state index in [2.05, 4.69) is 10.0 Å². The highest BCUT2D eigenvalue weighted by Gasteiger charge is 2.35. The van der Waals surface area contributed by atoms with E-state index < -0.39 is 5.97 Å². The van der Waals surface area contributed by atoms with Crippen LogP contribution in [0.3, 0.4) is 0 Å². The maximum atomic E-state index is 12.5. The van der Waals surface area contributed by atoms with Gasteiger partial charge in [0.25, 0.3) is 0 Å². The van der Waals surface area contributed by atoms with Gasteiger partial charge in [-0.2, -0.15) is 0 Å². The Labute approximate surface area is 274 Å². The minimum atomic E-state index is -1.10. The molecule has 1 saturated carbocycles. The number of para-hydroxylation sites is 1. The van der Waals surface area contributed by atoms with Crippen molar-refractivity contribution >= 4 is 52.7 Å². The maximum Gasteiger partial charge on any atom is 0.337 e. The maximum absolute atomic E-state index is 12.5. The normalized spacial score (nSPS) is 13.3. The first-order chi connectivity index (χ1) is 21.8. The number of nitrogens with one attached hydrogen (secondary N) is 2. The summed E-state index contributed by atoms with van der Waals surface area (Å²) in [5.74, 6) is 0.642. The Morgan fingerprint density at radius 3 is 2.09 bits per heavy atom. The highest BCUT2D eigenvalue weighted by molar-refractivity contribution is 7.97. The fourth-order valence-corrected chi connectivity index (χ4v) is 6.10. The van der Waals surface area contributed by atoms with Crippen molar-refractivity contribution in [2.75, 3.05) is 11.9 Å². The number of anilines is 1. The molecule has 0 atom stereocenters. The van der Waals surface area contributed by atoms with Crippen LogP contribution >= 0.6 is 35.1 Å². The summed E-state index contributed by atoms with van der Waals surface area (Å²) < 4.78 is 15.8. The lowest BCUT2D eigenvalue weighted by atomic mass is 10.0. The number of carbonyl (C=O) groups excluding carboxylic acids is 1. The predicted molar refractivity (Wildman–Crippen MR) is 178 cm³/mol. The Morgan fingerprint density at radius 2 is 1.44 bits per heavy atom. The zero-order valence-corrected chi connectivity index (χ0v) is 26.3. The number of aromatic carboxylic acids is 1. The van der Waals surface area contributed by atoms with Crippen molar-refractivity contribution in [2.45, 2.75) is 42.5 Å². The van der Waals surface area contributed by atoms with Gasteiger partial charge in [-0.1, -0.05) is 60.3 Å². The van der Waals surface area contributed by atoms with Crippen molar-refractivity contribution in [1.29, 1.82) is 0 Å². The first-order valence-electron chi connectivity index (χ1n) is 14.0. The molecule has 0 radical (unpaired) electrons. The summed E-state index contributed by atoms with van der Waals surface area (Å²) in [7, 11) is 0. The molecule has 45 heavy (non-hydrogen) atoms. The molecule has 4 aromatic carbocycles. The van der Waals surface area contributed by atoms with Crippen LogP contribution in [0.4, 0.5) is 5.69 Å². The van der Waals surface area contributed by atoms with Gasteiger partial charge in [0.05, 0.1) is 33.3 Å². The van der Waals surface area contributed by atoms with Crippen LogP contribution in [-0.2, 0) is 11.2 Å². The van der Waals surface area contributed by atoms with E-state index in [4.69, 9.17) is 42.6 Å². The van der Waals surface area contributed by atoms with Gasteiger partial charge in [0.1, 0.15) is 23.9 Å². The molecule has 1 amide bonds. The number of hydrogen-bond donors (Lipinski definition) is 3. The van der Waals surface area contributed by atoms with E-state index in [0.29, 0.717) is 28.2 Å². The Kier molecular flexibility index (Phi) is 12.2. The molecule has 9 nitrogen and oxygen atoms in total. The van der Waals surface area contributed by atoms with Crippen molar-refractivity contribution in [3.05, 3.63) is 122 Å². The number of benzene rings is 4. The standard InChI is InChI=1S/C33H30Cl2N2O5S.O2/c34-28-16-15-26(20-29(28)35)43-37-33(17-3-4-18-33)21-41-23-11-13-25(14-12-23)42-24-9-7-22(8-10-24)19-31(38)36-30-6-2-1-5-27(30)32(39)40;1-2/h1-2,5-16,20,37H,3-4,17-19,21H2,(H,36,38)(H,39,40);. The first-order valence-corrected chi connectivity index (χ1v) is 15.5. The van der Waals surface area contributed by atoms with Crippen LogP contribution < -0.4 is 19.5 Å². The van der Waals surface area contributed by atoms with Crippen molar-refractivity contribution in [3.8, 4) is 17.2 Å². The molecule has 1 aliphatic rings. The molecular formula is C33H30Cl2N2O7S. The molecule has 12 heteroatoms. The van der Waals surface area contributed by atoms with Crippen LogP contribution in [0.2, 0.25) is 10.0 Å². The van der Waals surface area contributed by atoms with Gasteiger partial charge in [0, 0.05) is 14.8 Å². The van der Waals surface area contributed by atoms with Gasteiger partial charge in [-0.05, 0) is 97.1 Å². The molecule has 0 saturated heterocycles. The first kappa shape index (κ1) is 33.8. The molecule has 234 valence electrons. The Balaban J connectivity index is 0.00000226. The lowest BCUT2D eigenvalue weighted by Gasteiger charge is -2.29. The van der Waals surface area contributed by atoms with Crippen molar-refractivity contribution in [1.82, 2.24) is 4.72 Å². The summed E-state index contributed by atoms with van der Waals surface area (Å²) in [4.78, 5) is 38.9. The number of carboxylic acid groups (broad SMARTS) is 1. The lowest BCUT2D eigenvalue weighted by molar-refractivity contribution is -0.115. The van der Waals surface area contributed by atoms with Gasteiger partial charge in [0.2, 0.25) is 5.91 Å². The molecule has 0 spiro atoms. The summed E-state index contributed by atoms with van der Waals surface area (Å²) in [6, 6.07) is 26.6. The van der Waals surface area contributed by atoms with Crippen molar-refractivity contribution in [2.24, 2.45) is 0 Å². The zero-order valence-electron chi connectivity index (χ0n) is 24.0. The molecule has 4 aromatic rings. The van der Waals surface area contributed by atoms with E-state index in [1.54, 1.807) is 60.5 Å². The molecule has 0 bridgehead atoms. The van der Waals surface area contributed by atoms with Gasteiger partial charge in [0.15, 0.2) is 0 Å². The van der Waals surface area contributed by atoms with Crippen LogP contribution in [-0.4, -0.2) is 29.1 Å². The third-order valence-corrected chi connectivity index (χ3v) is 8.90. The van der Waals surface area contributed by atoms with Gasteiger partial charge in [-0.15, -0.1) is 0 Å². The van der Waals surface area contributed by atoms with E-state index in [9.17, 15) is 14.7 Å². The average molecular weight is 670 g/mol. The molecule has 1 aliphatic carbocycles. The van der Waals surface area contributed by atoms with Crippen molar-refractivity contribution in [3.63, 3.8) is 0 Å². The predicted octanol–water partition coefficient (Wildman–Crippen LogP) is 8.72. The second-order valence-corrected chi connectivity index (χ2v) is 12.0. The van der Waals surface area contributed by atoms with Crippen LogP contribution in [0, 0.1) is 9.93 Å². The second-order valence-electron chi connectivity index (χ2n) is 10.3. The topological polar surface area (TPSA) is 131 Å². The second kappa shape index (κ2) is 16.3. The number of ether oxygens (including phenoxy) is 2. The number of carbonyl (C=O) groups is 2. The van der Waals surface area contributed by atoms with E-state index in [1.807, 2.05) is 36.4 Å². The largest absolute Gasteiger partial charge is 0.492 e. The van der Waals surface area contributed by atoms with Crippen LogP contribution in [0.5, 0.6) is 17.2 Å². The molecule has 1 fully saturated rings. The molecule has 0 aliphatic heterocycles. The molecular weight excluding hydrogens is 639 g/mol. The summed E-state index contributed by atoms with van der Waals surface area (Å²) in [6.07, 6.45) is 4.44. The summed E-state index contributed by atoms with van der Waals surface area (Å²) in [6.45, 7) is 0.540. The van der Waals surface area contributed by atoms with E-state index >= 15 is 0 Å². The summed E-state index contributed by atoms with van der Waals surface area (Å²) >= 11 is 13.8. The number of hydrogen-bond acceptors (Lipinski definition) is 8. The van der Waals surface area contributed by atoms with Crippen LogP contribution in [0.15, 0.2) is 95.9 Å². The summed E-state index contributed by atoms with van der Waals surface area (Å²) in [5.41, 5.74) is 0.951. The SMILES string of the molecule is O=C(Cc1ccc(Oc2ccc(OCC3(NSc4ccc(Cl)c(Cl)c4)CCCC3)cc2)cc1)Nc1ccccc1C(=O)O.O=O. The van der Waals surface area contributed by atoms with E-state index in [0.717, 1.165) is 41.9 Å². The fraction of sp³-hybridized carbons (Fsp3) is 0.212. The smallest absolute Gasteiger partial charge is 0.337 e. The van der Waals surface area contributed by atoms with Crippen LogP contribution in [0.1, 0.15) is 41.6 Å². The zero-order chi connectivity index (χ0) is 32.2. The van der Waals surface area contributed by atoms with Gasteiger partial charge < -0.3 is 19.9 Å². The number of halogens is 2. The summed E-state index contributed by atoms with van der Waals surface area (Å²) in [5, 5.41) is 13.0. The van der Waals surface area contributed by atoms with E-state index in [1.165, 1.54) is 6.07 Å². The Bertz CT molecular complexity index is 1600. The van der Waals surface area contributed by atoms with Gasteiger partial charge >= 0.3 is 5.97 Å². The Morgan fingerprint density at radius 1 is 0.822 bits per heavy atom. The van der Waals surface area contributed by atoms with Crippen LogP contribution in [0.25, 0.3) is 0 Å². The number of rotatable bonds is 12. The third-order valence-electron chi connectivity index (χ3n) is 7.13. The monoisotopic (exact) mass is 668 g/mol.